The van der Waals surface area contributed by atoms with Crippen LogP contribution in [0.2, 0.25) is 0 Å². The van der Waals surface area contributed by atoms with Gasteiger partial charge in [0.15, 0.2) is 0 Å². The summed E-state index contributed by atoms with van der Waals surface area (Å²) in [4.78, 5) is 14.1. The van der Waals surface area contributed by atoms with Gasteiger partial charge in [0.2, 0.25) is 0 Å². The van der Waals surface area contributed by atoms with Crippen LogP contribution >= 0.6 is 0 Å². The van der Waals surface area contributed by atoms with Crippen molar-refractivity contribution < 1.29 is 0 Å². The van der Waals surface area contributed by atoms with Gasteiger partial charge in [-0.25, -0.2) is 4.98 Å². The zero-order chi connectivity index (χ0) is 25.8. The van der Waals surface area contributed by atoms with Gasteiger partial charge in [-0.1, -0.05) is 60.7 Å². The summed E-state index contributed by atoms with van der Waals surface area (Å²) in [6, 6.07) is 40.3. The van der Waals surface area contributed by atoms with Crippen LogP contribution in [-0.2, 0) is 0 Å². The largest absolute Gasteiger partial charge is 0.308 e. The molecule has 0 amide bonds. The van der Waals surface area contributed by atoms with E-state index in [4.69, 9.17) is 9.97 Å². The molecular weight excluding hydrogens is 476 g/mol. The quantitative estimate of drug-likeness (QED) is 0.245. The van der Waals surface area contributed by atoms with Crippen molar-refractivity contribution >= 4 is 43.5 Å². The maximum Gasteiger partial charge on any atom is 0.0725 e. The smallest absolute Gasteiger partial charge is 0.0725 e. The fraction of sp³-hybridized carbons (Fsp3) is 0. The van der Waals surface area contributed by atoms with Crippen LogP contribution in [-0.4, -0.2) is 19.5 Å². The highest BCUT2D eigenvalue weighted by Gasteiger charge is 2.16. The maximum atomic E-state index is 4.86. The van der Waals surface area contributed by atoms with Crippen molar-refractivity contribution in [2.45, 2.75) is 0 Å². The summed E-state index contributed by atoms with van der Waals surface area (Å²) in [6.07, 6.45) is 5.65. The van der Waals surface area contributed by atoms with E-state index >= 15 is 0 Å². The molecule has 0 atom stereocenters. The number of nitrogens with zero attached hydrogens (tertiary/aromatic N) is 4. The summed E-state index contributed by atoms with van der Waals surface area (Å²) in [7, 11) is 0. The summed E-state index contributed by atoms with van der Waals surface area (Å²) in [5, 5.41) is 6.05. The van der Waals surface area contributed by atoms with Crippen molar-refractivity contribution in [3.63, 3.8) is 0 Å². The molecule has 0 spiro atoms. The summed E-state index contributed by atoms with van der Waals surface area (Å²) in [6.45, 7) is 0. The third-order valence-corrected chi connectivity index (χ3v) is 7.51. The van der Waals surface area contributed by atoms with Gasteiger partial charge in [0.25, 0.3) is 0 Å². The zero-order valence-electron chi connectivity index (χ0n) is 21.0. The van der Waals surface area contributed by atoms with Crippen molar-refractivity contribution in [2.24, 2.45) is 0 Å². The molecule has 39 heavy (non-hydrogen) atoms. The monoisotopic (exact) mass is 498 g/mol. The molecular formula is C35H22N4. The minimum Gasteiger partial charge on any atom is -0.308 e. The first-order valence-corrected chi connectivity index (χ1v) is 13.0. The van der Waals surface area contributed by atoms with Gasteiger partial charge < -0.3 is 4.57 Å². The molecule has 0 saturated heterocycles. The molecule has 8 rings (SSSR count). The molecule has 4 aromatic carbocycles. The molecule has 4 heterocycles. The molecule has 0 fully saturated rings. The number of hydrogen-bond acceptors (Lipinski definition) is 3. The van der Waals surface area contributed by atoms with Crippen LogP contribution in [0.3, 0.4) is 0 Å². The third-order valence-electron chi connectivity index (χ3n) is 7.51. The molecule has 0 aliphatic carbocycles. The Labute approximate surface area is 224 Å². The minimum absolute atomic E-state index is 0.925. The molecule has 8 aromatic rings. The standard InChI is InChI=1S/C35H22N4/c1-3-9-28-23(6-1)13-18-34-35(28)29-20-25(14-17-33(29)39(34)27-8-5-19-36-22-27)30-15-12-26(21-37-30)32-16-11-24-7-2-4-10-31(24)38-32/h1-22H. The lowest BCUT2D eigenvalue weighted by molar-refractivity contribution is 1.14. The van der Waals surface area contributed by atoms with E-state index in [0.717, 1.165) is 44.6 Å². The second-order valence-corrected chi connectivity index (χ2v) is 9.78. The SMILES string of the molecule is c1cncc(-n2c3ccc(-c4ccc(-c5ccc6ccccc6n5)cn4)cc3c3c4ccccc4ccc32)c1. The summed E-state index contributed by atoms with van der Waals surface area (Å²) < 4.78 is 2.30. The van der Waals surface area contributed by atoms with Crippen LogP contribution in [0.25, 0.3) is 71.7 Å². The average molecular weight is 499 g/mol. The van der Waals surface area contributed by atoms with Crippen molar-refractivity contribution in [2.75, 3.05) is 0 Å². The summed E-state index contributed by atoms with van der Waals surface area (Å²) in [5.74, 6) is 0. The number of hydrogen-bond donors (Lipinski definition) is 0. The van der Waals surface area contributed by atoms with E-state index in [-0.39, 0.29) is 0 Å². The molecule has 0 N–H and O–H groups in total. The lowest BCUT2D eigenvalue weighted by atomic mass is 10.0. The second-order valence-electron chi connectivity index (χ2n) is 9.78. The van der Waals surface area contributed by atoms with Crippen molar-refractivity contribution in [1.29, 1.82) is 0 Å². The lowest BCUT2D eigenvalue weighted by Crippen LogP contribution is -1.94. The average Bonchev–Trinajstić information content (AvgIpc) is 3.35. The van der Waals surface area contributed by atoms with Gasteiger partial charge in [0, 0.05) is 39.7 Å². The first-order valence-electron chi connectivity index (χ1n) is 13.0. The highest BCUT2D eigenvalue weighted by molar-refractivity contribution is 6.21. The number of para-hydroxylation sites is 1. The van der Waals surface area contributed by atoms with Gasteiger partial charge >= 0.3 is 0 Å². The van der Waals surface area contributed by atoms with E-state index in [1.807, 2.05) is 42.9 Å². The van der Waals surface area contributed by atoms with Crippen LogP contribution in [0.4, 0.5) is 0 Å². The zero-order valence-corrected chi connectivity index (χ0v) is 21.0. The highest BCUT2D eigenvalue weighted by Crippen LogP contribution is 2.38. The minimum atomic E-state index is 0.925. The number of rotatable bonds is 3. The van der Waals surface area contributed by atoms with Gasteiger partial charge in [0.1, 0.15) is 0 Å². The number of fused-ring (bicyclic) bond motifs is 6. The van der Waals surface area contributed by atoms with E-state index in [9.17, 15) is 0 Å². The van der Waals surface area contributed by atoms with Crippen molar-refractivity contribution in [1.82, 2.24) is 19.5 Å². The molecule has 4 nitrogen and oxygen atoms in total. The molecule has 0 unspecified atom stereocenters. The summed E-state index contributed by atoms with van der Waals surface area (Å²) in [5.41, 5.74) is 8.30. The van der Waals surface area contributed by atoms with Crippen LogP contribution < -0.4 is 0 Å². The molecule has 0 aliphatic heterocycles. The fourth-order valence-corrected chi connectivity index (χ4v) is 5.66. The second kappa shape index (κ2) is 8.61. The Morgan fingerprint density at radius 3 is 2.21 bits per heavy atom. The van der Waals surface area contributed by atoms with Gasteiger partial charge in [0.05, 0.1) is 39.8 Å². The molecule has 0 aliphatic rings. The van der Waals surface area contributed by atoms with Crippen LogP contribution in [0.5, 0.6) is 0 Å². The number of aromatic nitrogens is 4. The molecule has 0 saturated carbocycles. The summed E-state index contributed by atoms with van der Waals surface area (Å²) >= 11 is 0. The van der Waals surface area contributed by atoms with Crippen molar-refractivity contribution in [3.05, 3.63) is 134 Å². The highest BCUT2D eigenvalue weighted by atomic mass is 15.0. The fourth-order valence-electron chi connectivity index (χ4n) is 5.66. The Morgan fingerprint density at radius 2 is 1.33 bits per heavy atom. The Kier molecular flexibility index (Phi) is 4.79. The van der Waals surface area contributed by atoms with Crippen LogP contribution in [0, 0.1) is 0 Å². The number of benzene rings is 4. The van der Waals surface area contributed by atoms with E-state index in [1.54, 1.807) is 0 Å². The molecule has 0 bridgehead atoms. The number of pyridine rings is 3. The Morgan fingerprint density at radius 1 is 0.538 bits per heavy atom. The normalized spacial score (nSPS) is 11.6. The maximum absolute atomic E-state index is 4.86. The van der Waals surface area contributed by atoms with E-state index in [2.05, 4.69) is 101 Å². The predicted molar refractivity (Wildman–Crippen MR) is 160 cm³/mol. The molecule has 182 valence electrons. The van der Waals surface area contributed by atoms with Crippen molar-refractivity contribution in [3.8, 4) is 28.2 Å². The van der Waals surface area contributed by atoms with E-state index in [1.165, 1.54) is 27.1 Å². The van der Waals surface area contributed by atoms with Crippen LogP contribution in [0.1, 0.15) is 0 Å². The molecule has 4 aromatic heterocycles. The molecule has 4 heteroatoms. The predicted octanol–water partition coefficient (Wildman–Crippen LogP) is 8.61. The molecule has 0 radical (unpaired) electrons. The van der Waals surface area contributed by atoms with Gasteiger partial charge in [-0.3, -0.25) is 9.97 Å². The van der Waals surface area contributed by atoms with E-state index < -0.39 is 0 Å². The van der Waals surface area contributed by atoms with Crippen LogP contribution in [0.15, 0.2) is 134 Å². The third kappa shape index (κ3) is 3.50. The van der Waals surface area contributed by atoms with Gasteiger partial charge in [-0.2, -0.15) is 0 Å². The van der Waals surface area contributed by atoms with Gasteiger partial charge in [-0.15, -0.1) is 0 Å². The Hall–Kier alpha value is -5.35. The Bertz CT molecular complexity index is 2160. The van der Waals surface area contributed by atoms with E-state index in [0.29, 0.717) is 0 Å². The lowest BCUT2D eigenvalue weighted by Gasteiger charge is -2.08. The first kappa shape index (κ1) is 21.7. The first-order chi connectivity index (χ1) is 19.3. The Balaban J connectivity index is 1.30. The van der Waals surface area contributed by atoms with Gasteiger partial charge in [-0.05, 0) is 65.4 Å². The topological polar surface area (TPSA) is 43.6 Å².